The Labute approximate surface area is 82.1 Å². The highest BCUT2D eigenvalue weighted by Crippen LogP contribution is 2.33. The summed E-state index contributed by atoms with van der Waals surface area (Å²) in [7, 11) is -3.03. The number of sulfonamides is 1. The zero-order valence-corrected chi connectivity index (χ0v) is 9.33. The maximum absolute atomic E-state index is 10.9. The van der Waals surface area contributed by atoms with E-state index < -0.39 is 10.0 Å². The minimum atomic E-state index is -3.03. The predicted molar refractivity (Wildman–Crippen MR) is 52.7 cm³/mol. The molecule has 12 heavy (non-hydrogen) atoms. The van der Waals surface area contributed by atoms with E-state index in [1.54, 1.807) is 0 Å². The standard InChI is InChI=1S/C7H14BrNO2S/c8-6-12(10,11)9-5-1-2-7-3-4-7/h7,9H,1-6H2. The van der Waals surface area contributed by atoms with Crippen molar-refractivity contribution in [2.24, 2.45) is 5.92 Å². The first-order valence-electron chi connectivity index (χ1n) is 4.17. The second-order valence-corrected chi connectivity index (χ2v) is 6.31. The number of hydrogen-bond donors (Lipinski definition) is 1. The topological polar surface area (TPSA) is 46.2 Å². The third-order valence-corrected chi connectivity index (χ3v) is 4.69. The van der Waals surface area contributed by atoms with Crippen molar-refractivity contribution >= 4 is 26.0 Å². The molecule has 1 aliphatic carbocycles. The van der Waals surface area contributed by atoms with Crippen LogP contribution in [-0.4, -0.2) is 19.6 Å². The predicted octanol–water partition coefficient (Wildman–Crippen LogP) is 1.45. The van der Waals surface area contributed by atoms with Crippen molar-refractivity contribution in [3.63, 3.8) is 0 Å². The van der Waals surface area contributed by atoms with Gasteiger partial charge in [-0.3, -0.25) is 0 Å². The van der Waals surface area contributed by atoms with Gasteiger partial charge in [0.05, 0.1) is 0 Å². The molecule has 72 valence electrons. The smallest absolute Gasteiger partial charge is 0.215 e. The maximum Gasteiger partial charge on any atom is 0.221 e. The highest BCUT2D eigenvalue weighted by atomic mass is 79.9. The van der Waals surface area contributed by atoms with E-state index in [-0.39, 0.29) is 4.66 Å². The number of halogens is 1. The van der Waals surface area contributed by atoms with E-state index in [1.165, 1.54) is 19.3 Å². The number of alkyl halides is 1. The molecule has 0 saturated heterocycles. The van der Waals surface area contributed by atoms with Crippen LogP contribution in [0.4, 0.5) is 0 Å². The molecule has 5 heteroatoms. The molecule has 1 N–H and O–H groups in total. The molecular formula is C7H14BrNO2S. The van der Waals surface area contributed by atoms with Crippen LogP contribution in [0, 0.1) is 5.92 Å². The number of hydrogen-bond acceptors (Lipinski definition) is 2. The number of rotatable bonds is 6. The van der Waals surface area contributed by atoms with Crippen molar-refractivity contribution in [3.8, 4) is 0 Å². The van der Waals surface area contributed by atoms with Gasteiger partial charge in [0.15, 0.2) is 0 Å². The summed E-state index contributed by atoms with van der Waals surface area (Å²) in [6.07, 6.45) is 4.82. The van der Waals surface area contributed by atoms with E-state index in [1.807, 2.05) is 0 Å². The van der Waals surface area contributed by atoms with Gasteiger partial charge >= 0.3 is 0 Å². The van der Waals surface area contributed by atoms with Gasteiger partial charge in [-0.1, -0.05) is 28.8 Å². The maximum atomic E-state index is 10.9. The Balaban J connectivity index is 2.00. The minimum absolute atomic E-state index is 0.00340. The summed E-state index contributed by atoms with van der Waals surface area (Å²) in [6.45, 7) is 0.588. The molecule has 0 spiro atoms. The van der Waals surface area contributed by atoms with Crippen LogP contribution in [0.2, 0.25) is 0 Å². The summed E-state index contributed by atoms with van der Waals surface area (Å²) >= 11 is 2.91. The molecule has 1 aliphatic rings. The monoisotopic (exact) mass is 255 g/mol. The van der Waals surface area contributed by atoms with Crippen molar-refractivity contribution in [2.45, 2.75) is 25.7 Å². The van der Waals surface area contributed by atoms with Crippen molar-refractivity contribution in [2.75, 3.05) is 11.2 Å². The van der Waals surface area contributed by atoms with E-state index in [4.69, 9.17) is 0 Å². The summed E-state index contributed by atoms with van der Waals surface area (Å²) in [5.41, 5.74) is 0. The van der Waals surface area contributed by atoms with E-state index in [0.29, 0.717) is 6.54 Å². The zero-order valence-electron chi connectivity index (χ0n) is 6.92. The Bertz CT molecular complexity index is 224. The Hall–Kier alpha value is 0.390. The molecule has 0 atom stereocenters. The molecule has 0 amide bonds. The Morgan fingerprint density at radius 2 is 2.08 bits per heavy atom. The summed E-state index contributed by atoms with van der Waals surface area (Å²) in [5, 5.41) is 0. The third-order valence-electron chi connectivity index (χ3n) is 1.95. The van der Waals surface area contributed by atoms with E-state index in [0.717, 1.165) is 12.3 Å². The average Bonchev–Trinajstić information content (AvgIpc) is 2.82. The van der Waals surface area contributed by atoms with Crippen molar-refractivity contribution in [1.82, 2.24) is 4.72 Å². The molecule has 0 bridgehead atoms. The Morgan fingerprint density at radius 1 is 1.42 bits per heavy atom. The van der Waals surface area contributed by atoms with Crippen LogP contribution in [0.15, 0.2) is 0 Å². The molecule has 0 aromatic rings. The molecule has 1 saturated carbocycles. The van der Waals surface area contributed by atoms with Gasteiger partial charge in [0, 0.05) is 6.54 Å². The molecule has 0 aromatic carbocycles. The fourth-order valence-electron chi connectivity index (χ4n) is 1.06. The first-order chi connectivity index (χ1) is 5.64. The third kappa shape index (κ3) is 4.42. The molecule has 3 nitrogen and oxygen atoms in total. The molecule has 1 rings (SSSR count). The van der Waals surface area contributed by atoms with Gasteiger partial charge in [0.2, 0.25) is 10.0 Å². The quantitative estimate of drug-likeness (QED) is 0.577. The molecule has 0 radical (unpaired) electrons. The van der Waals surface area contributed by atoms with Crippen LogP contribution in [0.3, 0.4) is 0 Å². The lowest BCUT2D eigenvalue weighted by atomic mass is 10.2. The van der Waals surface area contributed by atoms with Crippen molar-refractivity contribution in [1.29, 1.82) is 0 Å². The summed E-state index contributed by atoms with van der Waals surface area (Å²) in [5.74, 6) is 0.887. The minimum Gasteiger partial charge on any atom is -0.215 e. The van der Waals surface area contributed by atoms with E-state index in [2.05, 4.69) is 20.7 Å². The first-order valence-corrected chi connectivity index (χ1v) is 6.95. The van der Waals surface area contributed by atoms with Gasteiger partial charge < -0.3 is 0 Å². The van der Waals surface area contributed by atoms with E-state index in [9.17, 15) is 8.42 Å². The summed E-state index contributed by atoms with van der Waals surface area (Å²) in [6, 6.07) is 0. The molecular weight excluding hydrogens is 242 g/mol. The molecule has 1 fully saturated rings. The van der Waals surface area contributed by atoms with Gasteiger partial charge in [-0.15, -0.1) is 0 Å². The normalized spacial score (nSPS) is 18.1. The van der Waals surface area contributed by atoms with Gasteiger partial charge in [0.1, 0.15) is 4.66 Å². The molecule has 0 unspecified atom stereocenters. The summed E-state index contributed by atoms with van der Waals surface area (Å²) in [4.78, 5) is 0. The molecule has 0 aliphatic heterocycles. The second kappa shape index (κ2) is 4.58. The fourth-order valence-corrected chi connectivity index (χ4v) is 2.08. The van der Waals surface area contributed by atoms with Gasteiger partial charge in [-0.2, -0.15) is 0 Å². The van der Waals surface area contributed by atoms with Crippen molar-refractivity contribution in [3.05, 3.63) is 0 Å². The first kappa shape index (κ1) is 10.5. The Kier molecular flexibility index (Phi) is 3.99. The Morgan fingerprint density at radius 3 is 2.58 bits per heavy atom. The zero-order chi connectivity index (χ0) is 9.03. The van der Waals surface area contributed by atoms with E-state index >= 15 is 0 Å². The highest BCUT2D eigenvalue weighted by molar-refractivity contribution is 9.10. The largest absolute Gasteiger partial charge is 0.221 e. The van der Waals surface area contributed by atoms with Crippen LogP contribution in [0.5, 0.6) is 0 Å². The van der Waals surface area contributed by atoms with Gasteiger partial charge in [-0.25, -0.2) is 13.1 Å². The van der Waals surface area contributed by atoms with Crippen LogP contribution < -0.4 is 4.72 Å². The average molecular weight is 256 g/mol. The SMILES string of the molecule is O=S(=O)(CBr)NCCCC1CC1. The summed E-state index contributed by atoms with van der Waals surface area (Å²) < 4.78 is 24.3. The van der Waals surface area contributed by atoms with Crippen LogP contribution in [0.25, 0.3) is 0 Å². The van der Waals surface area contributed by atoms with Gasteiger partial charge in [0.25, 0.3) is 0 Å². The fraction of sp³-hybridized carbons (Fsp3) is 1.00. The van der Waals surface area contributed by atoms with Crippen LogP contribution in [-0.2, 0) is 10.0 Å². The van der Waals surface area contributed by atoms with Gasteiger partial charge in [-0.05, 0) is 18.8 Å². The van der Waals surface area contributed by atoms with Crippen molar-refractivity contribution < 1.29 is 8.42 Å². The molecule has 0 heterocycles. The van der Waals surface area contributed by atoms with Crippen LogP contribution in [0.1, 0.15) is 25.7 Å². The number of nitrogens with one attached hydrogen (secondary N) is 1. The second-order valence-electron chi connectivity index (χ2n) is 3.20. The lowest BCUT2D eigenvalue weighted by Crippen LogP contribution is -2.25. The van der Waals surface area contributed by atoms with Crippen LogP contribution >= 0.6 is 15.9 Å². The molecule has 0 aromatic heterocycles. The lowest BCUT2D eigenvalue weighted by molar-refractivity contribution is 0.577. The highest BCUT2D eigenvalue weighted by Gasteiger charge is 2.20. The lowest BCUT2D eigenvalue weighted by Gasteiger charge is -2.02.